The maximum absolute atomic E-state index is 11.7. The Morgan fingerprint density at radius 2 is 2.11 bits per heavy atom. The molecular weight excluding hydrogens is 228 g/mol. The lowest BCUT2D eigenvalue weighted by Crippen LogP contribution is -2.42. The van der Waals surface area contributed by atoms with Crippen LogP contribution >= 0.6 is 0 Å². The van der Waals surface area contributed by atoms with Crippen LogP contribution in [-0.4, -0.2) is 23.6 Å². The molecule has 0 saturated heterocycles. The highest BCUT2D eigenvalue weighted by molar-refractivity contribution is 5.81. The van der Waals surface area contributed by atoms with Crippen molar-refractivity contribution < 1.29 is 9.90 Å². The molecule has 3 N–H and O–H groups in total. The van der Waals surface area contributed by atoms with Gasteiger partial charge in [-0.25, -0.2) is 0 Å². The zero-order chi connectivity index (χ0) is 13.4. The minimum Gasteiger partial charge on any atom is -0.508 e. The molecule has 0 aliphatic rings. The second-order valence-corrected chi connectivity index (χ2v) is 4.38. The Hall–Kier alpha value is -1.55. The molecule has 1 unspecified atom stereocenters. The van der Waals surface area contributed by atoms with Crippen molar-refractivity contribution in [2.45, 2.75) is 39.3 Å². The Balaban J connectivity index is 2.34. The predicted molar refractivity (Wildman–Crippen MR) is 72.3 cm³/mol. The van der Waals surface area contributed by atoms with Crippen LogP contribution in [-0.2, 0) is 11.3 Å². The van der Waals surface area contributed by atoms with Crippen LogP contribution in [0.4, 0.5) is 0 Å². The molecule has 18 heavy (non-hydrogen) atoms. The normalized spacial score (nSPS) is 12.1. The molecule has 0 saturated carbocycles. The summed E-state index contributed by atoms with van der Waals surface area (Å²) < 4.78 is 0. The Kier molecular flexibility index (Phi) is 6.22. The lowest BCUT2D eigenvalue weighted by molar-refractivity contribution is -0.122. The molecule has 1 amide bonds. The zero-order valence-corrected chi connectivity index (χ0v) is 11.1. The minimum atomic E-state index is -0.263. The van der Waals surface area contributed by atoms with Gasteiger partial charge in [-0.2, -0.15) is 0 Å². The molecule has 0 radical (unpaired) electrons. The van der Waals surface area contributed by atoms with Crippen LogP contribution in [0, 0.1) is 0 Å². The van der Waals surface area contributed by atoms with Gasteiger partial charge in [-0.1, -0.05) is 31.5 Å². The molecule has 0 spiro atoms. The number of phenolic OH excluding ortho intramolecular Hbond substituents is 1. The first kappa shape index (κ1) is 14.5. The van der Waals surface area contributed by atoms with Crippen molar-refractivity contribution >= 4 is 5.91 Å². The molecular formula is C14H22N2O2. The molecule has 1 atom stereocenters. The third kappa shape index (κ3) is 4.75. The number of hydrogen-bond donors (Lipinski definition) is 3. The summed E-state index contributed by atoms with van der Waals surface area (Å²) in [5, 5.41) is 15.6. The number of aromatic hydroxyl groups is 1. The maximum atomic E-state index is 11.7. The number of phenols is 1. The van der Waals surface area contributed by atoms with Crippen LogP contribution < -0.4 is 10.6 Å². The smallest absolute Gasteiger partial charge is 0.236 e. The Morgan fingerprint density at radius 3 is 2.78 bits per heavy atom. The van der Waals surface area contributed by atoms with Crippen molar-refractivity contribution in [3.8, 4) is 5.75 Å². The molecule has 0 aliphatic heterocycles. The summed E-state index contributed by atoms with van der Waals surface area (Å²) in [4.78, 5) is 11.7. The number of para-hydroxylation sites is 1. The molecule has 1 aromatic rings. The van der Waals surface area contributed by atoms with Crippen molar-refractivity contribution in [1.82, 2.24) is 10.6 Å². The van der Waals surface area contributed by atoms with Gasteiger partial charge in [0.1, 0.15) is 5.75 Å². The van der Waals surface area contributed by atoms with E-state index in [1.54, 1.807) is 12.1 Å². The van der Waals surface area contributed by atoms with Crippen LogP contribution in [0.2, 0.25) is 0 Å². The van der Waals surface area contributed by atoms with E-state index in [0.717, 1.165) is 24.9 Å². The van der Waals surface area contributed by atoms with Gasteiger partial charge in [-0.15, -0.1) is 0 Å². The second-order valence-electron chi connectivity index (χ2n) is 4.38. The summed E-state index contributed by atoms with van der Waals surface area (Å²) in [5.41, 5.74) is 0.797. The van der Waals surface area contributed by atoms with Gasteiger partial charge in [-0.05, 0) is 19.4 Å². The van der Waals surface area contributed by atoms with E-state index in [-0.39, 0.29) is 17.7 Å². The van der Waals surface area contributed by atoms with Crippen molar-refractivity contribution in [3.63, 3.8) is 0 Å². The molecule has 0 aromatic heterocycles. The van der Waals surface area contributed by atoms with Crippen LogP contribution in [0.1, 0.15) is 32.3 Å². The van der Waals surface area contributed by atoms with E-state index < -0.39 is 0 Å². The summed E-state index contributed by atoms with van der Waals surface area (Å²) >= 11 is 0. The van der Waals surface area contributed by atoms with Gasteiger partial charge in [0.25, 0.3) is 0 Å². The first-order chi connectivity index (χ1) is 8.65. The Labute approximate surface area is 108 Å². The van der Waals surface area contributed by atoms with Crippen molar-refractivity contribution in [3.05, 3.63) is 29.8 Å². The summed E-state index contributed by atoms with van der Waals surface area (Å²) in [6.07, 6.45) is 2.07. The monoisotopic (exact) mass is 250 g/mol. The van der Waals surface area contributed by atoms with Gasteiger partial charge in [0, 0.05) is 18.7 Å². The molecule has 1 rings (SSSR count). The van der Waals surface area contributed by atoms with Crippen molar-refractivity contribution in [1.29, 1.82) is 0 Å². The number of hydrogen-bond acceptors (Lipinski definition) is 3. The number of benzene rings is 1. The summed E-state index contributed by atoms with van der Waals surface area (Å²) in [7, 11) is 0. The Morgan fingerprint density at radius 1 is 1.39 bits per heavy atom. The SMILES string of the molecule is CCCCNC(=O)C(C)NCc1ccccc1O. The quantitative estimate of drug-likeness (QED) is 0.646. The fraction of sp³-hybridized carbons (Fsp3) is 0.500. The van der Waals surface area contributed by atoms with Crippen LogP contribution in [0.25, 0.3) is 0 Å². The van der Waals surface area contributed by atoms with Gasteiger partial charge >= 0.3 is 0 Å². The number of amides is 1. The summed E-state index contributed by atoms with van der Waals surface area (Å²) in [6.45, 7) is 5.11. The number of unbranched alkanes of at least 4 members (excludes halogenated alkanes) is 1. The zero-order valence-electron chi connectivity index (χ0n) is 11.1. The number of carbonyl (C=O) groups is 1. The van der Waals surface area contributed by atoms with Gasteiger partial charge in [0.05, 0.1) is 6.04 Å². The van der Waals surface area contributed by atoms with E-state index in [4.69, 9.17) is 0 Å². The summed E-state index contributed by atoms with van der Waals surface area (Å²) in [6, 6.07) is 6.86. The van der Waals surface area contributed by atoms with Crippen LogP contribution in [0.3, 0.4) is 0 Å². The molecule has 4 heteroatoms. The average molecular weight is 250 g/mol. The first-order valence-electron chi connectivity index (χ1n) is 6.43. The highest BCUT2D eigenvalue weighted by Crippen LogP contribution is 2.14. The fourth-order valence-electron chi connectivity index (χ4n) is 1.56. The van der Waals surface area contributed by atoms with Crippen LogP contribution in [0.5, 0.6) is 5.75 Å². The highest BCUT2D eigenvalue weighted by Gasteiger charge is 2.11. The van der Waals surface area contributed by atoms with E-state index in [1.165, 1.54) is 0 Å². The Bertz CT molecular complexity index is 380. The van der Waals surface area contributed by atoms with Gasteiger partial charge in [0.2, 0.25) is 5.91 Å². The molecule has 100 valence electrons. The third-order valence-electron chi connectivity index (χ3n) is 2.81. The third-order valence-corrected chi connectivity index (χ3v) is 2.81. The number of carbonyl (C=O) groups excluding carboxylic acids is 1. The lowest BCUT2D eigenvalue weighted by Gasteiger charge is -2.14. The van der Waals surface area contributed by atoms with E-state index in [2.05, 4.69) is 17.6 Å². The van der Waals surface area contributed by atoms with Crippen LogP contribution in [0.15, 0.2) is 24.3 Å². The standard InChI is InChI=1S/C14H22N2O2/c1-3-4-9-15-14(18)11(2)16-10-12-7-5-6-8-13(12)17/h5-8,11,16-17H,3-4,9-10H2,1-2H3,(H,15,18). The topological polar surface area (TPSA) is 61.4 Å². The molecule has 0 bridgehead atoms. The average Bonchev–Trinajstić information content (AvgIpc) is 2.37. The van der Waals surface area contributed by atoms with Gasteiger partial charge in [0.15, 0.2) is 0 Å². The molecule has 4 nitrogen and oxygen atoms in total. The van der Waals surface area contributed by atoms with E-state index in [1.807, 2.05) is 19.1 Å². The predicted octanol–water partition coefficient (Wildman–Crippen LogP) is 1.79. The van der Waals surface area contributed by atoms with E-state index in [9.17, 15) is 9.90 Å². The van der Waals surface area contributed by atoms with Crippen molar-refractivity contribution in [2.24, 2.45) is 0 Å². The van der Waals surface area contributed by atoms with E-state index in [0.29, 0.717) is 6.54 Å². The number of nitrogens with one attached hydrogen (secondary N) is 2. The van der Waals surface area contributed by atoms with E-state index >= 15 is 0 Å². The highest BCUT2D eigenvalue weighted by atomic mass is 16.3. The fourth-order valence-corrected chi connectivity index (χ4v) is 1.56. The minimum absolute atomic E-state index is 0.00105. The second kappa shape index (κ2) is 7.71. The van der Waals surface area contributed by atoms with Gasteiger partial charge in [-0.3, -0.25) is 4.79 Å². The summed E-state index contributed by atoms with van der Waals surface area (Å²) in [5.74, 6) is 0.252. The lowest BCUT2D eigenvalue weighted by atomic mass is 10.2. The number of rotatable bonds is 7. The molecule has 0 aliphatic carbocycles. The van der Waals surface area contributed by atoms with Crippen molar-refractivity contribution in [2.75, 3.05) is 6.54 Å². The first-order valence-corrected chi connectivity index (χ1v) is 6.43. The molecule has 0 heterocycles. The largest absolute Gasteiger partial charge is 0.508 e. The maximum Gasteiger partial charge on any atom is 0.236 e. The molecule has 1 aromatic carbocycles. The van der Waals surface area contributed by atoms with Gasteiger partial charge < -0.3 is 15.7 Å². The molecule has 0 fully saturated rings.